The molecule has 4 N–H and O–H groups in total. The van der Waals surface area contributed by atoms with Gasteiger partial charge < -0.3 is 20.6 Å². The van der Waals surface area contributed by atoms with Crippen molar-refractivity contribution >= 4 is 5.91 Å². The summed E-state index contributed by atoms with van der Waals surface area (Å²) in [6.07, 6.45) is 43.9. The van der Waals surface area contributed by atoms with Gasteiger partial charge in [0.15, 0.2) is 0 Å². The molecule has 0 aromatic carbocycles. The maximum Gasteiger partial charge on any atom is 0.249 e. The largest absolute Gasteiger partial charge is 0.394 e. The van der Waals surface area contributed by atoms with E-state index in [1.807, 2.05) is 0 Å². The molecule has 0 aromatic heterocycles. The van der Waals surface area contributed by atoms with Crippen molar-refractivity contribution in [1.29, 1.82) is 0 Å². The lowest BCUT2D eigenvalue weighted by atomic mass is 10.0. The second-order valence-electron chi connectivity index (χ2n) is 15.3. The molecule has 3 unspecified atom stereocenters. The van der Waals surface area contributed by atoms with E-state index >= 15 is 0 Å². The number of carbonyl (C=O) groups is 1. The predicted octanol–water partition coefficient (Wildman–Crippen LogP) is 12.3. The van der Waals surface area contributed by atoms with E-state index < -0.39 is 24.2 Å². The van der Waals surface area contributed by atoms with Gasteiger partial charge in [-0.2, -0.15) is 0 Å². The monoisotopic (exact) mass is 682 g/mol. The molecule has 5 heteroatoms. The molecular formula is C43H87NO4. The number of nitrogens with one attached hydrogen (secondary N) is 1. The molecule has 0 aromatic rings. The van der Waals surface area contributed by atoms with Crippen molar-refractivity contribution in [1.82, 2.24) is 5.32 Å². The third-order valence-electron chi connectivity index (χ3n) is 10.5. The zero-order valence-electron chi connectivity index (χ0n) is 32.6. The molecule has 0 aliphatic carbocycles. The van der Waals surface area contributed by atoms with Gasteiger partial charge in [0.1, 0.15) is 6.10 Å². The number of unbranched alkanes of at least 4 members (excludes halogenated alkanes) is 32. The summed E-state index contributed by atoms with van der Waals surface area (Å²) in [6.45, 7) is 4.23. The molecule has 0 bridgehead atoms. The quantitative estimate of drug-likeness (QED) is 0.0485. The molecule has 0 saturated carbocycles. The normalized spacial score (nSPS) is 13.5. The third-order valence-corrected chi connectivity index (χ3v) is 10.5. The highest BCUT2D eigenvalue weighted by atomic mass is 16.3. The summed E-state index contributed by atoms with van der Waals surface area (Å²) in [5, 5.41) is 33.2. The Morgan fingerprint density at radius 2 is 0.667 bits per heavy atom. The molecule has 288 valence electrons. The van der Waals surface area contributed by atoms with Gasteiger partial charge in [-0.25, -0.2) is 0 Å². The molecule has 3 atom stereocenters. The highest BCUT2D eigenvalue weighted by Crippen LogP contribution is 2.17. The molecule has 0 rings (SSSR count). The summed E-state index contributed by atoms with van der Waals surface area (Å²) >= 11 is 0. The lowest BCUT2D eigenvalue weighted by Crippen LogP contribution is -2.49. The van der Waals surface area contributed by atoms with Gasteiger partial charge >= 0.3 is 0 Å². The fourth-order valence-electron chi connectivity index (χ4n) is 7.02. The maximum absolute atomic E-state index is 12.4. The van der Waals surface area contributed by atoms with Crippen LogP contribution >= 0.6 is 0 Å². The van der Waals surface area contributed by atoms with Gasteiger partial charge in [0.25, 0.3) is 0 Å². The number of aliphatic hydroxyl groups is 3. The van der Waals surface area contributed by atoms with Crippen LogP contribution in [0.5, 0.6) is 0 Å². The topological polar surface area (TPSA) is 89.8 Å². The number of rotatable bonds is 40. The van der Waals surface area contributed by atoms with Crippen molar-refractivity contribution < 1.29 is 20.1 Å². The van der Waals surface area contributed by atoms with E-state index in [1.54, 1.807) is 0 Å². The minimum Gasteiger partial charge on any atom is -0.394 e. The minimum absolute atomic E-state index is 0.308. The number of hydrogen-bond acceptors (Lipinski definition) is 4. The first-order valence-electron chi connectivity index (χ1n) is 21.8. The summed E-state index contributed by atoms with van der Waals surface area (Å²) in [5.41, 5.74) is 0. The van der Waals surface area contributed by atoms with Crippen LogP contribution in [0, 0.1) is 0 Å². The molecule has 0 radical (unpaired) electrons. The zero-order valence-corrected chi connectivity index (χ0v) is 32.6. The Morgan fingerprint density at radius 1 is 0.417 bits per heavy atom. The van der Waals surface area contributed by atoms with Crippen molar-refractivity contribution in [2.45, 2.75) is 263 Å². The lowest BCUT2D eigenvalue weighted by Gasteiger charge is -2.23. The van der Waals surface area contributed by atoms with E-state index in [1.165, 1.54) is 186 Å². The van der Waals surface area contributed by atoms with Gasteiger partial charge in [0.2, 0.25) is 5.91 Å². The Kier molecular flexibility index (Phi) is 38.6. The fourth-order valence-corrected chi connectivity index (χ4v) is 7.02. The first kappa shape index (κ1) is 47.4. The Labute approximate surface area is 300 Å². The smallest absolute Gasteiger partial charge is 0.249 e. The van der Waals surface area contributed by atoms with Crippen molar-refractivity contribution in [3.05, 3.63) is 0 Å². The second kappa shape index (κ2) is 39.1. The summed E-state index contributed by atoms with van der Waals surface area (Å²) in [7, 11) is 0. The van der Waals surface area contributed by atoms with E-state index in [0.29, 0.717) is 12.8 Å². The standard InChI is InChI=1S/C43H87NO4/c1-3-5-7-9-11-13-15-16-17-18-19-20-21-22-23-24-25-26-28-30-32-34-36-38-42(47)43(48)44-40(39-45)41(46)37-35-33-31-29-27-14-12-10-8-6-4-2/h40-42,45-47H,3-39H2,1-2H3,(H,44,48). The van der Waals surface area contributed by atoms with Crippen molar-refractivity contribution in [2.24, 2.45) is 0 Å². The van der Waals surface area contributed by atoms with E-state index in [4.69, 9.17) is 0 Å². The predicted molar refractivity (Wildman–Crippen MR) is 209 cm³/mol. The highest BCUT2D eigenvalue weighted by Gasteiger charge is 2.23. The van der Waals surface area contributed by atoms with Crippen LogP contribution in [-0.2, 0) is 4.79 Å². The van der Waals surface area contributed by atoms with Crippen LogP contribution in [0.15, 0.2) is 0 Å². The maximum atomic E-state index is 12.4. The SMILES string of the molecule is CCCCCCCCCCCCCCCCCCCCCCCCCC(O)C(=O)NC(CO)C(O)CCCCCCCCCCCCC. The van der Waals surface area contributed by atoms with Crippen LogP contribution in [0.25, 0.3) is 0 Å². The number of hydrogen-bond donors (Lipinski definition) is 4. The summed E-state index contributed by atoms with van der Waals surface area (Å²) in [4.78, 5) is 12.4. The van der Waals surface area contributed by atoms with Crippen LogP contribution in [-0.4, -0.2) is 46.1 Å². The van der Waals surface area contributed by atoms with Gasteiger partial charge in [-0.3, -0.25) is 4.79 Å². The van der Waals surface area contributed by atoms with Gasteiger partial charge in [0, 0.05) is 0 Å². The highest BCUT2D eigenvalue weighted by molar-refractivity contribution is 5.80. The van der Waals surface area contributed by atoms with Crippen LogP contribution in [0.1, 0.15) is 245 Å². The Hall–Kier alpha value is -0.650. The molecule has 0 saturated heterocycles. The van der Waals surface area contributed by atoms with Crippen LogP contribution in [0.2, 0.25) is 0 Å². The Morgan fingerprint density at radius 3 is 0.938 bits per heavy atom. The van der Waals surface area contributed by atoms with Crippen LogP contribution < -0.4 is 5.32 Å². The zero-order chi connectivity index (χ0) is 35.2. The van der Waals surface area contributed by atoms with Gasteiger partial charge in [-0.15, -0.1) is 0 Å². The van der Waals surface area contributed by atoms with E-state index in [0.717, 1.165) is 32.1 Å². The number of aliphatic hydroxyl groups excluding tert-OH is 3. The number of amides is 1. The first-order valence-corrected chi connectivity index (χ1v) is 21.8. The second-order valence-corrected chi connectivity index (χ2v) is 15.3. The molecule has 5 nitrogen and oxygen atoms in total. The van der Waals surface area contributed by atoms with Crippen LogP contribution in [0.4, 0.5) is 0 Å². The third kappa shape index (κ3) is 33.8. The molecule has 0 aliphatic heterocycles. The first-order chi connectivity index (χ1) is 23.6. The summed E-state index contributed by atoms with van der Waals surface area (Å²) in [6, 6.07) is -0.704. The van der Waals surface area contributed by atoms with Crippen LogP contribution in [0.3, 0.4) is 0 Å². The fraction of sp³-hybridized carbons (Fsp3) is 0.977. The van der Waals surface area contributed by atoms with Crippen molar-refractivity contribution in [2.75, 3.05) is 6.61 Å². The molecular weight excluding hydrogens is 594 g/mol. The Balaban J connectivity index is 3.53. The van der Waals surface area contributed by atoms with Gasteiger partial charge in [-0.05, 0) is 12.8 Å². The van der Waals surface area contributed by atoms with Crippen molar-refractivity contribution in [3.63, 3.8) is 0 Å². The molecule has 0 spiro atoms. The molecule has 1 amide bonds. The molecule has 0 aliphatic rings. The average Bonchev–Trinajstić information content (AvgIpc) is 3.09. The van der Waals surface area contributed by atoms with Crippen molar-refractivity contribution in [3.8, 4) is 0 Å². The van der Waals surface area contributed by atoms with Gasteiger partial charge in [0.05, 0.1) is 18.8 Å². The van der Waals surface area contributed by atoms with E-state index in [9.17, 15) is 20.1 Å². The lowest BCUT2D eigenvalue weighted by molar-refractivity contribution is -0.131. The van der Waals surface area contributed by atoms with E-state index in [-0.39, 0.29) is 6.61 Å². The van der Waals surface area contributed by atoms with Gasteiger partial charge in [-0.1, -0.05) is 232 Å². The summed E-state index contributed by atoms with van der Waals surface area (Å²) < 4.78 is 0. The average molecular weight is 682 g/mol. The Bertz CT molecular complexity index is 630. The van der Waals surface area contributed by atoms with E-state index in [2.05, 4.69) is 19.2 Å². The summed E-state index contributed by atoms with van der Waals surface area (Å²) in [5.74, 6) is -0.467. The molecule has 0 fully saturated rings. The molecule has 48 heavy (non-hydrogen) atoms. The minimum atomic E-state index is -1.07. The number of carbonyl (C=O) groups excluding carboxylic acids is 1. The molecule has 0 heterocycles.